The van der Waals surface area contributed by atoms with Gasteiger partial charge in [0.25, 0.3) is 5.91 Å². The number of carbonyl (C=O) groups excluding carboxylic acids is 1. The summed E-state index contributed by atoms with van der Waals surface area (Å²) in [6, 6.07) is 11.2. The summed E-state index contributed by atoms with van der Waals surface area (Å²) in [5.41, 5.74) is 2.41. The maximum absolute atomic E-state index is 12.1. The SMILES string of the molecule is O=C(Nc1ccncc1)[C@@H]1CC(c2cccc(Br)c2)=NO1. The highest BCUT2D eigenvalue weighted by Crippen LogP contribution is 2.20. The van der Waals surface area contributed by atoms with Crippen LogP contribution in [-0.4, -0.2) is 22.7 Å². The normalized spacial score (nSPS) is 17.0. The molecule has 1 aliphatic heterocycles. The lowest BCUT2D eigenvalue weighted by atomic mass is 10.0. The van der Waals surface area contributed by atoms with Crippen LogP contribution >= 0.6 is 15.9 Å². The van der Waals surface area contributed by atoms with E-state index in [2.05, 4.69) is 31.4 Å². The molecular weight excluding hydrogens is 334 g/mol. The van der Waals surface area contributed by atoms with Crippen molar-refractivity contribution in [2.45, 2.75) is 12.5 Å². The molecule has 0 aliphatic carbocycles. The van der Waals surface area contributed by atoms with Gasteiger partial charge in [0.15, 0.2) is 0 Å². The van der Waals surface area contributed by atoms with Gasteiger partial charge in [0, 0.05) is 34.5 Å². The molecule has 1 N–H and O–H groups in total. The van der Waals surface area contributed by atoms with Crippen molar-refractivity contribution in [3.8, 4) is 0 Å². The summed E-state index contributed by atoms with van der Waals surface area (Å²) in [7, 11) is 0. The fraction of sp³-hybridized carbons (Fsp3) is 0.133. The van der Waals surface area contributed by atoms with E-state index in [0.717, 1.165) is 15.7 Å². The zero-order valence-electron chi connectivity index (χ0n) is 11.0. The monoisotopic (exact) mass is 345 g/mol. The summed E-state index contributed by atoms with van der Waals surface area (Å²) in [5, 5.41) is 6.79. The average Bonchev–Trinajstić information content (AvgIpc) is 2.98. The van der Waals surface area contributed by atoms with Crippen molar-refractivity contribution >= 4 is 33.2 Å². The van der Waals surface area contributed by atoms with Crippen molar-refractivity contribution in [3.63, 3.8) is 0 Å². The van der Waals surface area contributed by atoms with Crippen LogP contribution in [0.2, 0.25) is 0 Å². The molecule has 0 saturated heterocycles. The minimum Gasteiger partial charge on any atom is -0.382 e. The molecule has 0 saturated carbocycles. The van der Waals surface area contributed by atoms with Gasteiger partial charge in [-0.05, 0) is 24.3 Å². The van der Waals surface area contributed by atoms with Gasteiger partial charge >= 0.3 is 0 Å². The number of hydrogen-bond acceptors (Lipinski definition) is 4. The number of carbonyl (C=O) groups is 1. The van der Waals surface area contributed by atoms with E-state index in [1.54, 1.807) is 24.5 Å². The van der Waals surface area contributed by atoms with Crippen molar-refractivity contribution in [2.75, 3.05) is 5.32 Å². The smallest absolute Gasteiger partial charge is 0.268 e. The van der Waals surface area contributed by atoms with E-state index in [-0.39, 0.29) is 5.91 Å². The lowest BCUT2D eigenvalue weighted by Gasteiger charge is -2.09. The van der Waals surface area contributed by atoms with Gasteiger partial charge in [0.1, 0.15) is 0 Å². The molecule has 0 bridgehead atoms. The summed E-state index contributed by atoms with van der Waals surface area (Å²) in [4.78, 5) is 21.3. The van der Waals surface area contributed by atoms with Crippen molar-refractivity contribution in [1.29, 1.82) is 0 Å². The molecule has 0 spiro atoms. The Morgan fingerprint density at radius 1 is 1.29 bits per heavy atom. The molecule has 21 heavy (non-hydrogen) atoms. The second kappa shape index (κ2) is 6.05. The number of nitrogens with zero attached hydrogens (tertiary/aromatic N) is 2. The molecule has 2 aromatic rings. The second-order valence-corrected chi connectivity index (χ2v) is 5.49. The number of aromatic nitrogens is 1. The zero-order chi connectivity index (χ0) is 14.7. The van der Waals surface area contributed by atoms with Crippen LogP contribution in [0.3, 0.4) is 0 Å². The Balaban J connectivity index is 1.65. The van der Waals surface area contributed by atoms with Crippen LogP contribution in [0.5, 0.6) is 0 Å². The average molecular weight is 346 g/mol. The van der Waals surface area contributed by atoms with Gasteiger partial charge in [-0.15, -0.1) is 0 Å². The van der Waals surface area contributed by atoms with Crippen molar-refractivity contribution < 1.29 is 9.63 Å². The van der Waals surface area contributed by atoms with E-state index in [1.165, 1.54) is 0 Å². The number of anilines is 1. The van der Waals surface area contributed by atoms with E-state index in [0.29, 0.717) is 12.1 Å². The van der Waals surface area contributed by atoms with E-state index in [4.69, 9.17) is 4.84 Å². The zero-order valence-corrected chi connectivity index (χ0v) is 12.6. The predicted octanol–water partition coefficient (Wildman–Crippen LogP) is 2.98. The molecule has 106 valence electrons. The lowest BCUT2D eigenvalue weighted by molar-refractivity contribution is -0.125. The van der Waals surface area contributed by atoms with E-state index in [9.17, 15) is 4.79 Å². The molecule has 1 aromatic carbocycles. The minimum absolute atomic E-state index is 0.213. The summed E-state index contributed by atoms with van der Waals surface area (Å²) >= 11 is 3.42. The minimum atomic E-state index is -0.604. The Bertz CT molecular complexity index is 688. The molecule has 3 rings (SSSR count). The van der Waals surface area contributed by atoms with E-state index >= 15 is 0 Å². The number of benzene rings is 1. The quantitative estimate of drug-likeness (QED) is 0.929. The highest BCUT2D eigenvalue weighted by atomic mass is 79.9. The molecule has 0 radical (unpaired) electrons. The lowest BCUT2D eigenvalue weighted by Crippen LogP contribution is -2.28. The third-order valence-electron chi connectivity index (χ3n) is 3.07. The predicted molar refractivity (Wildman–Crippen MR) is 83.0 cm³/mol. The molecule has 5 nitrogen and oxygen atoms in total. The van der Waals surface area contributed by atoms with Crippen LogP contribution in [-0.2, 0) is 9.63 Å². The Morgan fingerprint density at radius 2 is 2.10 bits per heavy atom. The van der Waals surface area contributed by atoms with Gasteiger partial charge in [-0.1, -0.05) is 33.2 Å². The number of amides is 1. The Kier molecular flexibility index (Phi) is 3.96. The highest BCUT2D eigenvalue weighted by Gasteiger charge is 2.28. The van der Waals surface area contributed by atoms with Gasteiger partial charge in [-0.3, -0.25) is 9.78 Å². The fourth-order valence-corrected chi connectivity index (χ4v) is 2.41. The summed E-state index contributed by atoms with van der Waals surface area (Å²) < 4.78 is 0.965. The second-order valence-electron chi connectivity index (χ2n) is 4.57. The first-order chi connectivity index (χ1) is 10.2. The largest absolute Gasteiger partial charge is 0.382 e. The van der Waals surface area contributed by atoms with Gasteiger partial charge in [-0.25, -0.2) is 0 Å². The van der Waals surface area contributed by atoms with Crippen LogP contribution < -0.4 is 5.32 Å². The van der Waals surface area contributed by atoms with E-state index in [1.807, 2.05) is 24.3 Å². The highest BCUT2D eigenvalue weighted by molar-refractivity contribution is 9.10. The van der Waals surface area contributed by atoms with Gasteiger partial charge in [-0.2, -0.15) is 0 Å². The first-order valence-electron chi connectivity index (χ1n) is 6.42. The maximum atomic E-state index is 12.1. The van der Waals surface area contributed by atoms with Crippen molar-refractivity contribution in [2.24, 2.45) is 5.16 Å². The van der Waals surface area contributed by atoms with Gasteiger partial charge < -0.3 is 10.2 Å². The fourth-order valence-electron chi connectivity index (χ4n) is 2.01. The van der Waals surface area contributed by atoms with Gasteiger partial charge in [0.2, 0.25) is 6.10 Å². The third kappa shape index (κ3) is 3.28. The number of pyridine rings is 1. The molecule has 1 aromatic heterocycles. The Hall–Kier alpha value is -2.21. The number of halogens is 1. The van der Waals surface area contributed by atoms with Crippen LogP contribution in [0.4, 0.5) is 5.69 Å². The molecule has 0 unspecified atom stereocenters. The summed E-state index contributed by atoms with van der Waals surface area (Å²) in [6.07, 6.45) is 3.09. The number of rotatable bonds is 3. The molecule has 0 fully saturated rings. The Morgan fingerprint density at radius 3 is 2.86 bits per heavy atom. The molecule has 2 heterocycles. The standard InChI is InChI=1S/C15H12BrN3O2/c16-11-3-1-2-10(8-11)13-9-14(21-19-13)15(20)18-12-4-6-17-7-5-12/h1-8,14H,9H2,(H,17,18,20)/t14-/m0/s1. The molecule has 1 aliphatic rings. The number of nitrogens with one attached hydrogen (secondary N) is 1. The molecule has 1 amide bonds. The maximum Gasteiger partial charge on any atom is 0.268 e. The van der Waals surface area contributed by atoms with Crippen LogP contribution in [0.15, 0.2) is 58.4 Å². The number of oxime groups is 1. The first-order valence-corrected chi connectivity index (χ1v) is 7.21. The third-order valence-corrected chi connectivity index (χ3v) is 3.56. The molecular formula is C15H12BrN3O2. The summed E-state index contributed by atoms with van der Waals surface area (Å²) in [6.45, 7) is 0. The van der Waals surface area contributed by atoms with Gasteiger partial charge in [0.05, 0.1) is 5.71 Å². The first kappa shape index (κ1) is 13.8. The van der Waals surface area contributed by atoms with Crippen LogP contribution in [0.25, 0.3) is 0 Å². The molecule has 6 heteroatoms. The van der Waals surface area contributed by atoms with Crippen LogP contribution in [0.1, 0.15) is 12.0 Å². The topological polar surface area (TPSA) is 63.6 Å². The summed E-state index contributed by atoms with van der Waals surface area (Å²) in [5.74, 6) is -0.213. The van der Waals surface area contributed by atoms with Crippen LogP contribution in [0, 0.1) is 0 Å². The number of hydrogen-bond donors (Lipinski definition) is 1. The van der Waals surface area contributed by atoms with E-state index < -0.39 is 6.10 Å². The molecule has 1 atom stereocenters. The van der Waals surface area contributed by atoms with Crippen molar-refractivity contribution in [1.82, 2.24) is 4.98 Å². The van der Waals surface area contributed by atoms with Crippen molar-refractivity contribution in [3.05, 3.63) is 58.8 Å². The Labute approximate surface area is 130 Å².